The van der Waals surface area contributed by atoms with Crippen LogP contribution in [0, 0.1) is 0 Å². The summed E-state index contributed by atoms with van der Waals surface area (Å²) in [4.78, 5) is 21.9. The van der Waals surface area contributed by atoms with Gasteiger partial charge < -0.3 is 9.47 Å². The maximum atomic E-state index is 11.0. The molecule has 0 heterocycles. The fourth-order valence-corrected chi connectivity index (χ4v) is 1.79. The van der Waals surface area contributed by atoms with Crippen molar-refractivity contribution >= 4 is 24.1 Å². The second-order valence-electron chi connectivity index (χ2n) is 4.88. The first-order valence-corrected chi connectivity index (χ1v) is 7.95. The third kappa shape index (κ3) is 9.03. The van der Waals surface area contributed by atoms with Crippen LogP contribution < -0.4 is 0 Å². The predicted octanol–water partition coefficient (Wildman–Crippen LogP) is 4.28. The van der Waals surface area contributed by atoms with E-state index in [2.05, 4.69) is 9.47 Å². The van der Waals surface area contributed by atoms with Crippen molar-refractivity contribution in [3.63, 3.8) is 0 Å². The SMILES string of the molecule is COC(=O)/C=C/C=C/C=C/C=C/c1ccccc1/C=C/C=C/C(=O)OC. The molecule has 26 heavy (non-hydrogen) atoms. The van der Waals surface area contributed by atoms with Crippen molar-refractivity contribution in [1.29, 1.82) is 0 Å². The van der Waals surface area contributed by atoms with Gasteiger partial charge in [-0.3, -0.25) is 0 Å². The Balaban J connectivity index is 2.64. The molecule has 1 rings (SSSR count). The summed E-state index contributed by atoms with van der Waals surface area (Å²) >= 11 is 0. The first-order chi connectivity index (χ1) is 12.7. The molecular formula is C22H22O4. The molecule has 0 unspecified atom stereocenters. The number of carbonyl (C=O) groups is 2. The predicted molar refractivity (Wildman–Crippen MR) is 105 cm³/mol. The quantitative estimate of drug-likeness (QED) is 0.399. The molecule has 0 atom stereocenters. The van der Waals surface area contributed by atoms with E-state index in [0.29, 0.717) is 0 Å². The van der Waals surface area contributed by atoms with Gasteiger partial charge >= 0.3 is 11.9 Å². The zero-order valence-corrected chi connectivity index (χ0v) is 14.9. The van der Waals surface area contributed by atoms with Crippen LogP contribution in [0.4, 0.5) is 0 Å². The lowest BCUT2D eigenvalue weighted by Crippen LogP contribution is -1.92. The molecule has 0 bridgehead atoms. The molecule has 0 fully saturated rings. The Kier molecular flexibility index (Phi) is 10.3. The summed E-state index contributed by atoms with van der Waals surface area (Å²) in [5.41, 5.74) is 2.08. The van der Waals surface area contributed by atoms with Gasteiger partial charge in [0.05, 0.1) is 14.2 Å². The van der Waals surface area contributed by atoms with Gasteiger partial charge in [0.15, 0.2) is 0 Å². The largest absolute Gasteiger partial charge is 0.466 e. The standard InChI is InChI=1S/C22H22O4/c1-25-21(23)17-8-6-4-3-5-7-13-19-14-9-10-15-20(19)16-11-12-18-22(24)26-2/h3-18H,1-2H3/b5-3+,6-4+,13-7+,16-11+,17-8+,18-12+. The number of benzene rings is 1. The molecule has 134 valence electrons. The number of carbonyl (C=O) groups excluding carboxylic acids is 2. The summed E-state index contributed by atoms with van der Waals surface area (Å²) in [7, 11) is 2.68. The number of hydrogen-bond donors (Lipinski definition) is 0. The van der Waals surface area contributed by atoms with Gasteiger partial charge in [-0.2, -0.15) is 0 Å². The lowest BCUT2D eigenvalue weighted by Gasteiger charge is -1.99. The van der Waals surface area contributed by atoms with Crippen molar-refractivity contribution in [3.05, 3.63) is 96.2 Å². The van der Waals surface area contributed by atoms with Crippen LogP contribution in [0.25, 0.3) is 12.2 Å². The molecule has 0 aliphatic heterocycles. The summed E-state index contributed by atoms with van der Waals surface area (Å²) in [6.07, 6.45) is 20.9. The average Bonchev–Trinajstić information content (AvgIpc) is 2.67. The Morgan fingerprint density at radius 2 is 1.04 bits per heavy atom. The highest BCUT2D eigenvalue weighted by Gasteiger charge is 1.93. The average molecular weight is 350 g/mol. The van der Waals surface area contributed by atoms with Crippen molar-refractivity contribution < 1.29 is 19.1 Å². The summed E-state index contributed by atoms with van der Waals surface area (Å²) in [6.45, 7) is 0. The van der Waals surface area contributed by atoms with Crippen molar-refractivity contribution in [3.8, 4) is 0 Å². The summed E-state index contributed by atoms with van der Waals surface area (Å²) < 4.78 is 9.02. The van der Waals surface area contributed by atoms with Gasteiger partial charge in [-0.25, -0.2) is 9.59 Å². The Hall–Kier alpha value is -3.40. The summed E-state index contributed by atoms with van der Waals surface area (Å²) in [6, 6.07) is 7.90. The zero-order chi connectivity index (χ0) is 19.0. The van der Waals surface area contributed by atoms with Crippen LogP contribution in [-0.2, 0) is 19.1 Å². The molecule has 0 spiro atoms. The first-order valence-electron chi connectivity index (χ1n) is 7.95. The topological polar surface area (TPSA) is 52.6 Å². The molecule has 0 saturated carbocycles. The fourth-order valence-electron chi connectivity index (χ4n) is 1.79. The molecule has 0 saturated heterocycles. The lowest BCUT2D eigenvalue weighted by atomic mass is 10.1. The molecule has 0 radical (unpaired) electrons. The number of hydrogen-bond acceptors (Lipinski definition) is 4. The Morgan fingerprint density at radius 1 is 0.654 bits per heavy atom. The monoisotopic (exact) mass is 350 g/mol. The van der Waals surface area contributed by atoms with Gasteiger partial charge in [-0.15, -0.1) is 0 Å². The summed E-state index contributed by atoms with van der Waals surface area (Å²) in [5.74, 6) is -0.771. The van der Waals surface area contributed by atoms with Gasteiger partial charge in [0.1, 0.15) is 0 Å². The van der Waals surface area contributed by atoms with E-state index >= 15 is 0 Å². The second-order valence-corrected chi connectivity index (χ2v) is 4.88. The molecule has 0 aliphatic rings. The number of ether oxygens (including phenoxy) is 2. The number of esters is 2. The maximum Gasteiger partial charge on any atom is 0.330 e. The van der Waals surface area contributed by atoms with E-state index < -0.39 is 0 Å². The van der Waals surface area contributed by atoms with E-state index in [9.17, 15) is 9.59 Å². The van der Waals surface area contributed by atoms with Crippen LogP contribution in [-0.4, -0.2) is 26.2 Å². The van der Waals surface area contributed by atoms with Crippen molar-refractivity contribution in [2.24, 2.45) is 0 Å². The molecule has 0 aromatic heterocycles. The number of rotatable bonds is 8. The van der Waals surface area contributed by atoms with Gasteiger partial charge in [-0.05, 0) is 11.1 Å². The molecule has 1 aromatic rings. The normalized spacial score (nSPS) is 12.4. The van der Waals surface area contributed by atoms with Gasteiger partial charge in [0, 0.05) is 12.2 Å². The van der Waals surface area contributed by atoms with Crippen molar-refractivity contribution in [2.75, 3.05) is 14.2 Å². The van der Waals surface area contributed by atoms with Gasteiger partial charge in [0.2, 0.25) is 0 Å². The van der Waals surface area contributed by atoms with Crippen LogP contribution in [0.1, 0.15) is 11.1 Å². The third-order valence-corrected chi connectivity index (χ3v) is 3.08. The van der Waals surface area contributed by atoms with E-state index in [4.69, 9.17) is 0 Å². The molecule has 0 N–H and O–H groups in total. The Bertz CT molecular complexity index is 762. The van der Waals surface area contributed by atoms with Crippen LogP contribution in [0.5, 0.6) is 0 Å². The van der Waals surface area contributed by atoms with E-state index in [1.54, 1.807) is 24.3 Å². The zero-order valence-electron chi connectivity index (χ0n) is 14.9. The molecular weight excluding hydrogens is 328 g/mol. The van der Waals surface area contributed by atoms with Crippen molar-refractivity contribution in [1.82, 2.24) is 0 Å². The second kappa shape index (κ2) is 13.0. The van der Waals surface area contributed by atoms with Gasteiger partial charge in [0.25, 0.3) is 0 Å². The minimum absolute atomic E-state index is 0.385. The molecule has 0 amide bonds. The minimum atomic E-state index is -0.387. The Labute approximate surface area is 154 Å². The van der Waals surface area contributed by atoms with E-state index in [1.807, 2.05) is 60.7 Å². The lowest BCUT2D eigenvalue weighted by molar-refractivity contribution is -0.135. The highest BCUT2D eigenvalue weighted by Crippen LogP contribution is 2.12. The van der Waals surface area contributed by atoms with Gasteiger partial charge in [-0.1, -0.05) is 85.0 Å². The number of allylic oxidation sites excluding steroid dienone is 8. The number of methoxy groups -OCH3 is 2. The fraction of sp³-hybridized carbons (Fsp3) is 0.0909. The van der Waals surface area contributed by atoms with E-state index in [1.165, 1.54) is 26.4 Å². The molecule has 4 nitrogen and oxygen atoms in total. The van der Waals surface area contributed by atoms with Crippen LogP contribution in [0.15, 0.2) is 85.0 Å². The highest BCUT2D eigenvalue weighted by atomic mass is 16.5. The maximum absolute atomic E-state index is 11.0. The smallest absolute Gasteiger partial charge is 0.330 e. The molecule has 1 aromatic carbocycles. The van der Waals surface area contributed by atoms with Crippen LogP contribution >= 0.6 is 0 Å². The van der Waals surface area contributed by atoms with Crippen LogP contribution in [0.3, 0.4) is 0 Å². The highest BCUT2D eigenvalue weighted by molar-refractivity contribution is 5.82. The van der Waals surface area contributed by atoms with Crippen LogP contribution in [0.2, 0.25) is 0 Å². The summed E-state index contributed by atoms with van der Waals surface area (Å²) in [5, 5.41) is 0. The van der Waals surface area contributed by atoms with Crippen molar-refractivity contribution in [2.45, 2.75) is 0 Å². The first kappa shape index (κ1) is 20.6. The van der Waals surface area contributed by atoms with E-state index in [0.717, 1.165) is 11.1 Å². The molecule has 0 aliphatic carbocycles. The molecule has 4 heteroatoms. The van der Waals surface area contributed by atoms with E-state index in [-0.39, 0.29) is 11.9 Å². The Morgan fingerprint density at radius 3 is 1.54 bits per heavy atom. The minimum Gasteiger partial charge on any atom is -0.466 e. The third-order valence-electron chi connectivity index (χ3n) is 3.08.